The molecular formula is C16H33NO. The molecule has 1 atom stereocenters. The maximum absolute atomic E-state index is 6.16. The number of ether oxygens (including phenoxy) is 1. The number of rotatable bonds is 10. The van der Waals surface area contributed by atoms with E-state index in [-0.39, 0.29) is 0 Å². The van der Waals surface area contributed by atoms with Crippen LogP contribution in [0.25, 0.3) is 0 Å². The van der Waals surface area contributed by atoms with Crippen molar-refractivity contribution in [2.75, 3.05) is 19.7 Å². The first-order valence-corrected chi connectivity index (χ1v) is 8.24. The van der Waals surface area contributed by atoms with E-state index in [9.17, 15) is 0 Å². The first-order valence-electron chi connectivity index (χ1n) is 8.24. The van der Waals surface area contributed by atoms with Gasteiger partial charge in [-0.2, -0.15) is 0 Å². The monoisotopic (exact) mass is 255 g/mol. The van der Waals surface area contributed by atoms with Crippen LogP contribution in [0.2, 0.25) is 0 Å². The van der Waals surface area contributed by atoms with Crippen LogP contribution < -0.4 is 0 Å². The van der Waals surface area contributed by atoms with Gasteiger partial charge in [-0.25, -0.2) is 0 Å². The molecule has 18 heavy (non-hydrogen) atoms. The lowest BCUT2D eigenvalue weighted by Gasteiger charge is -2.34. The molecule has 0 saturated carbocycles. The maximum atomic E-state index is 6.16. The smallest absolute Gasteiger partial charge is 0.110 e. The van der Waals surface area contributed by atoms with Gasteiger partial charge in [0.05, 0.1) is 0 Å². The van der Waals surface area contributed by atoms with E-state index in [2.05, 4.69) is 18.7 Å². The van der Waals surface area contributed by atoms with Gasteiger partial charge in [0.2, 0.25) is 0 Å². The zero-order valence-corrected chi connectivity index (χ0v) is 12.6. The third-order valence-corrected chi connectivity index (χ3v) is 3.91. The molecule has 0 aromatic heterocycles. The highest BCUT2D eigenvalue weighted by Crippen LogP contribution is 2.18. The quantitative estimate of drug-likeness (QED) is 0.530. The SMILES string of the molecule is CCCCCOC(CCCCC)N1CCCCC1. The molecule has 0 aromatic carbocycles. The first kappa shape index (κ1) is 16.0. The van der Waals surface area contributed by atoms with Crippen molar-refractivity contribution in [2.24, 2.45) is 0 Å². The number of hydrogen-bond donors (Lipinski definition) is 0. The van der Waals surface area contributed by atoms with Crippen LogP contribution in [0, 0.1) is 0 Å². The molecule has 0 radical (unpaired) electrons. The average Bonchev–Trinajstić information content (AvgIpc) is 2.42. The third-order valence-electron chi connectivity index (χ3n) is 3.91. The fourth-order valence-corrected chi connectivity index (χ4v) is 2.72. The second kappa shape index (κ2) is 10.8. The van der Waals surface area contributed by atoms with Crippen molar-refractivity contribution in [1.29, 1.82) is 0 Å². The highest BCUT2D eigenvalue weighted by molar-refractivity contribution is 4.69. The van der Waals surface area contributed by atoms with Crippen LogP contribution in [-0.2, 0) is 4.74 Å². The fourth-order valence-electron chi connectivity index (χ4n) is 2.72. The van der Waals surface area contributed by atoms with Crippen molar-refractivity contribution >= 4 is 0 Å². The van der Waals surface area contributed by atoms with Crippen molar-refractivity contribution in [1.82, 2.24) is 4.90 Å². The minimum absolute atomic E-state index is 0.411. The Hall–Kier alpha value is -0.0800. The predicted octanol–water partition coefficient (Wildman–Crippen LogP) is 4.59. The topological polar surface area (TPSA) is 12.5 Å². The zero-order valence-electron chi connectivity index (χ0n) is 12.6. The molecule has 0 aromatic rings. The predicted molar refractivity (Wildman–Crippen MR) is 78.8 cm³/mol. The summed E-state index contributed by atoms with van der Waals surface area (Å²) in [5.74, 6) is 0. The van der Waals surface area contributed by atoms with Gasteiger partial charge in [-0.15, -0.1) is 0 Å². The number of nitrogens with zero attached hydrogens (tertiary/aromatic N) is 1. The molecule has 0 N–H and O–H groups in total. The lowest BCUT2D eigenvalue weighted by molar-refractivity contribution is -0.0733. The van der Waals surface area contributed by atoms with Gasteiger partial charge in [-0.05, 0) is 32.1 Å². The first-order chi connectivity index (χ1) is 8.88. The van der Waals surface area contributed by atoms with Crippen molar-refractivity contribution < 1.29 is 4.74 Å². The van der Waals surface area contributed by atoms with Crippen molar-refractivity contribution in [2.45, 2.75) is 84.3 Å². The molecule has 1 saturated heterocycles. The molecular weight excluding hydrogens is 222 g/mol. The second-order valence-corrected chi connectivity index (χ2v) is 5.62. The van der Waals surface area contributed by atoms with E-state index in [4.69, 9.17) is 4.74 Å². The molecule has 1 aliphatic heterocycles. The van der Waals surface area contributed by atoms with Gasteiger partial charge in [0.15, 0.2) is 0 Å². The van der Waals surface area contributed by atoms with E-state index in [0.29, 0.717) is 6.23 Å². The average molecular weight is 255 g/mol. The molecule has 1 aliphatic rings. The van der Waals surface area contributed by atoms with Gasteiger partial charge in [0.1, 0.15) is 6.23 Å². The zero-order chi connectivity index (χ0) is 13.1. The molecule has 0 bridgehead atoms. The summed E-state index contributed by atoms with van der Waals surface area (Å²) in [5.41, 5.74) is 0. The number of unbranched alkanes of at least 4 members (excludes halogenated alkanes) is 4. The van der Waals surface area contributed by atoms with E-state index in [0.717, 1.165) is 6.61 Å². The third kappa shape index (κ3) is 6.75. The summed E-state index contributed by atoms with van der Waals surface area (Å²) in [6.45, 7) is 8.00. The molecule has 1 unspecified atom stereocenters. The largest absolute Gasteiger partial charge is 0.363 e. The highest BCUT2D eigenvalue weighted by atomic mass is 16.5. The van der Waals surface area contributed by atoms with Crippen LogP contribution in [0.15, 0.2) is 0 Å². The van der Waals surface area contributed by atoms with Gasteiger partial charge >= 0.3 is 0 Å². The van der Waals surface area contributed by atoms with Crippen molar-refractivity contribution in [3.05, 3.63) is 0 Å². The van der Waals surface area contributed by atoms with Crippen LogP contribution in [0.4, 0.5) is 0 Å². The van der Waals surface area contributed by atoms with Gasteiger partial charge in [-0.1, -0.05) is 46.0 Å². The summed E-state index contributed by atoms with van der Waals surface area (Å²) in [4.78, 5) is 2.59. The Morgan fingerprint density at radius 1 is 0.889 bits per heavy atom. The molecule has 0 amide bonds. The summed E-state index contributed by atoms with van der Waals surface area (Å²) in [7, 11) is 0. The van der Waals surface area contributed by atoms with Gasteiger partial charge in [0.25, 0.3) is 0 Å². The normalized spacial score (nSPS) is 19.0. The summed E-state index contributed by atoms with van der Waals surface area (Å²) < 4.78 is 6.16. The van der Waals surface area contributed by atoms with Crippen LogP contribution >= 0.6 is 0 Å². The number of hydrogen-bond acceptors (Lipinski definition) is 2. The molecule has 0 spiro atoms. The standard InChI is InChI=1S/C16H33NO/c1-3-5-8-12-16(18-15-11-6-4-2)17-13-9-7-10-14-17/h16H,3-15H2,1-2H3. The summed E-state index contributed by atoms with van der Waals surface area (Å²) in [6, 6.07) is 0. The number of likely N-dealkylation sites (tertiary alicyclic amines) is 1. The van der Waals surface area contributed by atoms with Crippen molar-refractivity contribution in [3.63, 3.8) is 0 Å². The summed E-state index contributed by atoms with van der Waals surface area (Å²) >= 11 is 0. The van der Waals surface area contributed by atoms with Crippen LogP contribution in [0.3, 0.4) is 0 Å². The Balaban J connectivity index is 2.25. The second-order valence-electron chi connectivity index (χ2n) is 5.62. The Morgan fingerprint density at radius 3 is 2.22 bits per heavy atom. The molecule has 1 fully saturated rings. The van der Waals surface area contributed by atoms with E-state index in [1.165, 1.54) is 77.3 Å². The molecule has 0 aliphatic carbocycles. The molecule has 1 rings (SSSR count). The summed E-state index contributed by atoms with van der Waals surface area (Å²) in [5, 5.41) is 0. The maximum Gasteiger partial charge on any atom is 0.110 e. The Labute approximate surface area is 114 Å². The van der Waals surface area contributed by atoms with Crippen molar-refractivity contribution in [3.8, 4) is 0 Å². The minimum Gasteiger partial charge on any atom is -0.363 e. The van der Waals surface area contributed by atoms with Gasteiger partial charge in [-0.3, -0.25) is 4.90 Å². The highest BCUT2D eigenvalue weighted by Gasteiger charge is 2.20. The lowest BCUT2D eigenvalue weighted by atomic mass is 10.1. The fraction of sp³-hybridized carbons (Fsp3) is 1.00. The number of piperidine rings is 1. The molecule has 108 valence electrons. The van der Waals surface area contributed by atoms with Gasteiger partial charge in [0, 0.05) is 19.7 Å². The summed E-state index contributed by atoms with van der Waals surface area (Å²) in [6.07, 6.45) is 13.6. The van der Waals surface area contributed by atoms with Crippen LogP contribution in [-0.4, -0.2) is 30.8 Å². The Morgan fingerprint density at radius 2 is 1.56 bits per heavy atom. The van der Waals surface area contributed by atoms with Gasteiger partial charge < -0.3 is 4.74 Å². The lowest BCUT2D eigenvalue weighted by Crippen LogP contribution is -2.41. The molecule has 1 heterocycles. The van der Waals surface area contributed by atoms with E-state index >= 15 is 0 Å². The van der Waals surface area contributed by atoms with E-state index in [1.54, 1.807) is 0 Å². The Kier molecular flexibility index (Phi) is 9.59. The Bertz CT molecular complexity index is 178. The van der Waals surface area contributed by atoms with Crippen LogP contribution in [0.5, 0.6) is 0 Å². The molecule has 2 nitrogen and oxygen atoms in total. The van der Waals surface area contributed by atoms with E-state index in [1.807, 2.05) is 0 Å². The van der Waals surface area contributed by atoms with Crippen LogP contribution in [0.1, 0.15) is 78.1 Å². The molecule has 2 heteroatoms. The minimum atomic E-state index is 0.411. The van der Waals surface area contributed by atoms with E-state index < -0.39 is 0 Å².